The highest BCUT2D eigenvalue weighted by Crippen LogP contribution is 2.41. The summed E-state index contributed by atoms with van der Waals surface area (Å²) in [5, 5.41) is 0. The summed E-state index contributed by atoms with van der Waals surface area (Å²) in [5.74, 6) is -0.178. The number of benzene rings is 1. The molecule has 1 aromatic heterocycles. The van der Waals surface area contributed by atoms with Gasteiger partial charge in [0, 0.05) is 19.8 Å². The number of aryl methyl sites for hydroxylation is 1. The topological polar surface area (TPSA) is 0 Å². The van der Waals surface area contributed by atoms with E-state index in [4.69, 9.17) is 0 Å². The summed E-state index contributed by atoms with van der Waals surface area (Å²) in [6.07, 6.45) is 0. The molecular weight excluding hydrogens is 355 g/mol. The van der Waals surface area contributed by atoms with E-state index in [1.807, 2.05) is 13.0 Å². The third-order valence-electron chi connectivity index (χ3n) is 2.24. The quantitative estimate of drug-likeness (QED) is 0.623. The molecule has 1 atom stereocenters. The molecule has 0 radical (unpaired) electrons. The second-order valence-corrected chi connectivity index (χ2v) is 6.51. The third-order valence-corrected chi connectivity index (χ3v) is 5.53. The third kappa shape index (κ3) is 2.39. The highest BCUT2D eigenvalue weighted by atomic mass is 79.9. The molecule has 0 aliphatic rings. The van der Waals surface area contributed by atoms with Crippen molar-refractivity contribution in [3.05, 3.63) is 55.9 Å². The van der Waals surface area contributed by atoms with Crippen LogP contribution in [0.25, 0.3) is 0 Å². The normalized spacial score (nSPS) is 12.8. The number of hydrogen-bond acceptors (Lipinski definition) is 1. The van der Waals surface area contributed by atoms with E-state index < -0.39 is 0 Å². The van der Waals surface area contributed by atoms with Crippen LogP contribution in [0, 0.1) is 12.7 Å². The minimum atomic E-state index is -0.178. The van der Waals surface area contributed by atoms with E-state index in [9.17, 15) is 4.39 Å². The fourth-order valence-corrected chi connectivity index (χ4v) is 4.58. The van der Waals surface area contributed by atoms with Crippen molar-refractivity contribution < 1.29 is 4.39 Å². The van der Waals surface area contributed by atoms with Crippen LogP contribution < -0.4 is 0 Å². The highest BCUT2D eigenvalue weighted by Gasteiger charge is 2.18. The van der Waals surface area contributed by atoms with Gasteiger partial charge in [0.25, 0.3) is 0 Å². The van der Waals surface area contributed by atoms with Crippen LogP contribution >= 0.6 is 43.2 Å². The molecule has 0 aliphatic heterocycles. The smallest absolute Gasteiger partial charge is 0.127 e. The Morgan fingerprint density at radius 1 is 1.31 bits per heavy atom. The van der Waals surface area contributed by atoms with Crippen molar-refractivity contribution >= 4 is 43.2 Å². The van der Waals surface area contributed by atoms with Crippen molar-refractivity contribution in [1.29, 1.82) is 0 Å². The van der Waals surface area contributed by atoms with E-state index in [0.29, 0.717) is 5.56 Å². The Bertz CT molecular complexity index is 507. The minimum absolute atomic E-state index is 0.0956. The Labute approximate surface area is 115 Å². The predicted octanol–water partition coefficient (Wildman–Crippen LogP) is 5.44. The molecule has 0 nitrogen and oxygen atoms in total. The SMILES string of the molecule is Cc1cc(Br)c(C(Br)c2ccccc2F)s1. The van der Waals surface area contributed by atoms with Gasteiger partial charge in [0.05, 0.1) is 4.83 Å². The van der Waals surface area contributed by atoms with E-state index in [-0.39, 0.29) is 10.6 Å². The molecule has 2 aromatic rings. The lowest BCUT2D eigenvalue weighted by Crippen LogP contribution is -1.94. The van der Waals surface area contributed by atoms with Crippen molar-refractivity contribution in [2.75, 3.05) is 0 Å². The number of alkyl halides is 1. The van der Waals surface area contributed by atoms with Gasteiger partial charge in [0.15, 0.2) is 0 Å². The predicted molar refractivity (Wildman–Crippen MR) is 73.9 cm³/mol. The van der Waals surface area contributed by atoms with Gasteiger partial charge in [0.2, 0.25) is 0 Å². The van der Waals surface area contributed by atoms with Gasteiger partial charge in [-0.15, -0.1) is 11.3 Å². The minimum Gasteiger partial charge on any atom is -0.207 e. The lowest BCUT2D eigenvalue weighted by Gasteiger charge is -2.09. The molecule has 2 rings (SSSR count). The Hall–Kier alpha value is -0.190. The fraction of sp³-hybridized carbons (Fsp3) is 0.167. The van der Waals surface area contributed by atoms with Crippen molar-refractivity contribution in [1.82, 2.24) is 0 Å². The monoisotopic (exact) mass is 362 g/mol. The van der Waals surface area contributed by atoms with Crippen molar-refractivity contribution in [2.24, 2.45) is 0 Å². The Morgan fingerprint density at radius 3 is 2.56 bits per heavy atom. The molecule has 0 spiro atoms. The first kappa shape index (κ1) is 12.3. The molecule has 0 amide bonds. The maximum absolute atomic E-state index is 13.6. The number of thiophene rings is 1. The summed E-state index contributed by atoms with van der Waals surface area (Å²) in [4.78, 5) is 2.21. The molecule has 4 heteroatoms. The molecule has 1 aromatic carbocycles. The first-order valence-corrected chi connectivity index (χ1v) is 7.26. The lowest BCUT2D eigenvalue weighted by atomic mass is 10.1. The van der Waals surface area contributed by atoms with Gasteiger partial charge in [-0.3, -0.25) is 0 Å². The summed E-state index contributed by atoms with van der Waals surface area (Å²) >= 11 is 8.71. The van der Waals surface area contributed by atoms with Gasteiger partial charge in [-0.25, -0.2) is 4.39 Å². The van der Waals surface area contributed by atoms with Gasteiger partial charge in [-0.2, -0.15) is 0 Å². The van der Waals surface area contributed by atoms with Crippen molar-refractivity contribution in [2.45, 2.75) is 11.8 Å². The molecule has 0 saturated carbocycles. The van der Waals surface area contributed by atoms with Crippen LogP contribution in [0.3, 0.4) is 0 Å². The van der Waals surface area contributed by atoms with Gasteiger partial charge >= 0.3 is 0 Å². The molecule has 0 saturated heterocycles. The van der Waals surface area contributed by atoms with Gasteiger partial charge < -0.3 is 0 Å². The van der Waals surface area contributed by atoms with Gasteiger partial charge in [0.1, 0.15) is 5.82 Å². The summed E-state index contributed by atoms with van der Waals surface area (Å²) < 4.78 is 14.7. The Kier molecular flexibility index (Phi) is 3.82. The Balaban J connectivity index is 2.43. The van der Waals surface area contributed by atoms with Crippen LogP contribution in [0.1, 0.15) is 20.1 Å². The fourth-order valence-electron chi connectivity index (χ4n) is 1.50. The molecule has 0 aliphatic carbocycles. The zero-order valence-corrected chi connectivity index (χ0v) is 12.5. The van der Waals surface area contributed by atoms with E-state index in [2.05, 4.69) is 37.9 Å². The van der Waals surface area contributed by atoms with Crippen LogP contribution in [0.4, 0.5) is 4.39 Å². The number of rotatable bonds is 2. The largest absolute Gasteiger partial charge is 0.207 e. The van der Waals surface area contributed by atoms with Crippen molar-refractivity contribution in [3.8, 4) is 0 Å². The summed E-state index contributed by atoms with van der Waals surface area (Å²) in [6.45, 7) is 2.04. The van der Waals surface area contributed by atoms with E-state index >= 15 is 0 Å². The molecule has 1 unspecified atom stereocenters. The summed E-state index contributed by atoms with van der Waals surface area (Å²) in [7, 11) is 0. The average Bonchev–Trinajstić information content (AvgIpc) is 2.58. The van der Waals surface area contributed by atoms with Crippen LogP contribution in [-0.4, -0.2) is 0 Å². The van der Waals surface area contributed by atoms with Gasteiger partial charge in [-0.05, 0) is 35.0 Å². The average molecular weight is 364 g/mol. The number of hydrogen-bond donors (Lipinski definition) is 0. The maximum Gasteiger partial charge on any atom is 0.127 e. The molecule has 0 N–H and O–H groups in total. The molecular formula is C12H9Br2FS. The molecule has 1 heterocycles. The second kappa shape index (κ2) is 4.98. The van der Waals surface area contributed by atoms with Crippen LogP contribution in [0.15, 0.2) is 34.8 Å². The van der Waals surface area contributed by atoms with E-state index in [0.717, 1.165) is 9.35 Å². The lowest BCUT2D eigenvalue weighted by molar-refractivity contribution is 0.614. The van der Waals surface area contributed by atoms with Crippen LogP contribution in [0.5, 0.6) is 0 Å². The number of halogens is 3. The standard InChI is InChI=1S/C12H9Br2FS/c1-7-6-9(13)12(16-7)11(14)8-4-2-3-5-10(8)15/h2-6,11H,1H3. The zero-order valence-electron chi connectivity index (χ0n) is 8.51. The molecule has 84 valence electrons. The summed E-state index contributed by atoms with van der Waals surface area (Å²) in [5.41, 5.74) is 0.671. The molecule has 0 bridgehead atoms. The zero-order chi connectivity index (χ0) is 11.7. The summed E-state index contributed by atoms with van der Waals surface area (Å²) in [6, 6.07) is 8.89. The second-order valence-electron chi connectivity index (χ2n) is 3.45. The van der Waals surface area contributed by atoms with Crippen LogP contribution in [-0.2, 0) is 0 Å². The van der Waals surface area contributed by atoms with E-state index in [1.165, 1.54) is 10.9 Å². The highest BCUT2D eigenvalue weighted by molar-refractivity contribution is 9.11. The first-order chi connectivity index (χ1) is 7.59. The molecule has 16 heavy (non-hydrogen) atoms. The van der Waals surface area contributed by atoms with Crippen molar-refractivity contribution in [3.63, 3.8) is 0 Å². The van der Waals surface area contributed by atoms with Gasteiger partial charge in [-0.1, -0.05) is 34.1 Å². The van der Waals surface area contributed by atoms with E-state index in [1.54, 1.807) is 23.5 Å². The molecule has 0 fully saturated rings. The first-order valence-electron chi connectivity index (χ1n) is 4.74. The maximum atomic E-state index is 13.6. The Morgan fingerprint density at radius 2 is 2.00 bits per heavy atom. The van der Waals surface area contributed by atoms with Crippen LogP contribution in [0.2, 0.25) is 0 Å².